The average Bonchev–Trinajstić information content (AvgIpc) is 3.37. The number of anilines is 3. The monoisotopic (exact) mass is 508 g/mol. The highest BCUT2D eigenvalue weighted by molar-refractivity contribution is 6.33. The number of nitrogens with one attached hydrogen (secondary N) is 3. The number of amides is 1. The molecule has 192 valence electrons. The summed E-state index contributed by atoms with van der Waals surface area (Å²) in [5.74, 6) is 0.558. The first kappa shape index (κ1) is 28.7. The molecule has 0 saturated heterocycles. The van der Waals surface area contributed by atoms with E-state index < -0.39 is 0 Å². The molecule has 2 aromatic carbocycles. The smallest absolute Gasteiger partial charge is 0.251 e. The lowest BCUT2D eigenvalue weighted by molar-refractivity contribution is 0.0953. The van der Waals surface area contributed by atoms with Crippen molar-refractivity contribution in [3.05, 3.63) is 71.6 Å². The van der Waals surface area contributed by atoms with E-state index in [1.54, 1.807) is 24.5 Å². The largest absolute Gasteiger partial charge is 0.387 e. The fourth-order valence-corrected chi connectivity index (χ4v) is 3.70. The Morgan fingerprint density at radius 3 is 2.39 bits per heavy atom. The van der Waals surface area contributed by atoms with E-state index in [4.69, 9.17) is 11.6 Å². The number of nitrogens with zero attached hydrogens (tertiary/aromatic N) is 3. The number of halogens is 1. The molecule has 4 aromatic rings. The van der Waals surface area contributed by atoms with Crippen molar-refractivity contribution in [1.82, 2.24) is 19.7 Å². The quantitative estimate of drug-likeness (QED) is 0.216. The number of hydrogen-bond donors (Lipinski definition) is 3. The van der Waals surface area contributed by atoms with Crippen molar-refractivity contribution in [2.75, 3.05) is 24.2 Å². The molecule has 2 aromatic heterocycles. The van der Waals surface area contributed by atoms with Crippen LogP contribution < -0.4 is 16.0 Å². The molecule has 0 aliphatic carbocycles. The molecule has 0 aliphatic rings. The summed E-state index contributed by atoms with van der Waals surface area (Å²) in [6, 6.07) is 13.2. The number of imidazole rings is 1. The lowest BCUT2D eigenvalue weighted by atomic mass is 10.1. The van der Waals surface area contributed by atoms with Crippen LogP contribution >= 0.6 is 11.6 Å². The van der Waals surface area contributed by atoms with Gasteiger partial charge in [0.1, 0.15) is 0 Å². The fourth-order valence-electron chi connectivity index (χ4n) is 3.42. The Balaban J connectivity index is 0.00000109. The van der Waals surface area contributed by atoms with Gasteiger partial charge >= 0.3 is 0 Å². The standard InChI is InChI=1S/C24H25ClN6O.2C2H6/c1-3-4-11-28-24(32)16-5-8-18(9-6-16)30-22-23-29-15-21(31(23)13-12-27-22)17-7-10-20(26-2)19(25)14-17;2*1-2/h5-10,12-15,26H,3-4,11H2,1-2H3,(H,27,30)(H,28,32);2*1-2H3. The molecule has 0 unspecified atom stereocenters. The highest BCUT2D eigenvalue weighted by Gasteiger charge is 2.12. The van der Waals surface area contributed by atoms with Crippen molar-refractivity contribution >= 4 is 40.3 Å². The summed E-state index contributed by atoms with van der Waals surface area (Å²) in [7, 11) is 1.84. The van der Waals surface area contributed by atoms with Gasteiger partial charge in [-0.15, -0.1) is 0 Å². The van der Waals surface area contributed by atoms with Crippen LogP contribution in [-0.4, -0.2) is 33.9 Å². The van der Waals surface area contributed by atoms with Crippen LogP contribution in [0.5, 0.6) is 0 Å². The second kappa shape index (κ2) is 14.7. The second-order valence-corrected chi connectivity index (χ2v) is 7.78. The summed E-state index contributed by atoms with van der Waals surface area (Å²) in [6.45, 7) is 10.8. The van der Waals surface area contributed by atoms with E-state index in [9.17, 15) is 4.79 Å². The van der Waals surface area contributed by atoms with Gasteiger partial charge < -0.3 is 16.0 Å². The Kier molecular flexibility index (Phi) is 11.7. The van der Waals surface area contributed by atoms with Gasteiger partial charge in [0.15, 0.2) is 11.5 Å². The van der Waals surface area contributed by atoms with Crippen molar-refractivity contribution < 1.29 is 4.79 Å². The lowest BCUT2D eigenvalue weighted by Gasteiger charge is -2.10. The molecule has 3 N–H and O–H groups in total. The molecular formula is C28H37ClN6O. The minimum atomic E-state index is -0.0638. The molecule has 36 heavy (non-hydrogen) atoms. The first-order valence-electron chi connectivity index (χ1n) is 12.6. The van der Waals surface area contributed by atoms with E-state index in [2.05, 4.69) is 32.8 Å². The van der Waals surface area contributed by atoms with Crippen LogP contribution in [0.25, 0.3) is 16.9 Å². The zero-order valence-corrected chi connectivity index (χ0v) is 22.8. The summed E-state index contributed by atoms with van der Waals surface area (Å²) in [6.07, 6.45) is 7.41. The van der Waals surface area contributed by atoms with E-state index in [-0.39, 0.29) is 5.91 Å². The summed E-state index contributed by atoms with van der Waals surface area (Å²) >= 11 is 6.36. The number of aromatic nitrogens is 3. The zero-order chi connectivity index (χ0) is 26.5. The molecule has 0 bridgehead atoms. The highest BCUT2D eigenvalue weighted by Crippen LogP contribution is 2.30. The van der Waals surface area contributed by atoms with Crippen LogP contribution in [0.4, 0.5) is 17.2 Å². The van der Waals surface area contributed by atoms with Crippen molar-refractivity contribution in [3.63, 3.8) is 0 Å². The van der Waals surface area contributed by atoms with Gasteiger partial charge in [0.05, 0.1) is 22.6 Å². The first-order chi connectivity index (χ1) is 17.6. The van der Waals surface area contributed by atoms with Crippen LogP contribution in [0.3, 0.4) is 0 Å². The Bertz CT molecular complexity index is 1240. The molecule has 2 heterocycles. The van der Waals surface area contributed by atoms with Crippen LogP contribution in [0.15, 0.2) is 61.1 Å². The molecule has 4 rings (SSSR count). The molecule has 0 aliphatic heterocycles. The van der Waals surface area contributed by atoms with Gasteiger partial charge in [-0.2, -0.15) is 0 Å². The molecule has 0 radical (unpaired) electrons. The van der Waals surface area contributed by atoms with Gasteiger partial charge in [-0.25, -0.2) is 9.97 Å². The van der Waals surface area contributed by atoms with Crippen LogP contribution in [0, 0.1) is 0 Å². The topological polar surface area (TPSA) is 83.4 Å². The van der Waals surface area contributed by atoms with Gasteiger partial charge in [-0.3, -0.25) is 9.20 Å². The fraction of sp³-hybridized carbons (Fsp3) is 0.321. The summed E-state index contributed by atoms with van der Waals surface area (Å²) in [5.41, 5.74) is 4.88. The van der Waals surface area contributed by atoms with Gasteiger partial charge in [-0.05, 0) is 42.8 Å². The van der Waals surface area contributed by atoms with E-state index in [1.165, 1.54) is 0 Å². The third-order valence-electron chi connectivity index (χ3n) is 5.19. The lowest BCUT2D eigenvalue weighted by Crippen LogP contribution is -2.24. The molecule has 0 spiro atoms. The van der Waals surface area contributed by atoms with Gasteiger partial charge in [0, 0.05) is 42.8 Å². The second-order valence-electron chi connectivity index (χ2n) is 7.37. The molecule has 0 fully saturated rings. The van der Waals surface area contributed by atoms with E-state index in [1.807, 2.05) is 75.7 Å². The van der Waals surface area contributed by atoms with Crippen LogP contribution in [0.1, 0.15) is 57.8 Å². The maximum absolute atomic E-state index is 12.2. The van der Waals surface area contributed by atoms with Gasteiger partial charge in [0.25, 0.3) is 5.91 Å². The summed E-state index contributed by atoms with van der Waals surface area (Å²) < 4.78 is 1.97. The SMILES string of the molecule is CC.CC.CCCCNC(=O)c1ccc(Nc2nccn3c(-c4ccc(NC)c(Cl)c4)cnc23)cc1. The molecular weight excluding hydrogens is 472 g/mol. The van der Waals surface area contributed by atoms with E-state index >= 15 is 0 Å². The summed E-state index contributed by atoms with van der Waals surface area (Å²) in [5, 5.41) is 9.93. The number of benzene rings is 2. The zero-order valence-electron chi connectivity index (χ0n) is 22.0. The number of carbonyl (C=O) groups excluding carboxylic acids is 1. The van der Waals surface area contributed by atoms with Crippen molar-refractivity contribution in [2.45, 2.75) is 47.5 Å². The maximum Gasteiger partial charge on any atom is 0.251 e. The molecule has 8 heteroatoms. The third kappa shape index (κ3) is 6.98. The Morgan fingerprint density at radius 2 is 1.75 bits per heavy atom. The summed E-state index contributed by atoms with van der Waals surface area (Å²) in [4.78, 5) is 21.2. The number of rotatable bonds is 8. The first-order valence-corrected chi connectivity index (χ1v) is 12.9. The predicted molar refractivity (Wildman–Crippen MR) is 153 cm³/mol. The average molecular weight is 509 g/mol. The Morgan fingerprint density at radius 1 is 1.03 bits per heavy atom. The number of unbranched alkanes of at least 4 members (excludes halogenated alkanes) is 1. The predicted octanol–water partition coefficient (Wildman–Crippen LogP) is 7.42. The van der Waals surface area contributed by atoms with Crippen LogP contribution in [-0.2, 0) is 0 Å². The Labute approximate surface area is 219 Å². The van der Waals surface area contributed by atoms with E-state index in [0.29, 0.717) is 28.6 Å². The molecule has 7 nitrogen and oxygen atoms in total. The van der Waals surface area contributed by atoms with Crippen molar-refractivity contribution in [1.29, 1.82) is 0 Å². The number of hydrogen-bond acceptors (Lipinski definition) is 5. The van der Waals surface area contributed by atoms with E-state index in [0.717, 1.165) is 35.5 Å². The molecule has 0 saturated carbocycles. The van der Waals surface area contributed by atoms with Crippen LogP contribution in [0.2, 0.25) is 5.02 Å². The van der Waals surface area contributed by atoms with Gasteiger partial charge in [-0.1, -0.05) is 58.7 Å². The number of carbonyl (C=O) groups is 1. The van der Waals surface area contributed by atoms with Gasteiger partial charge in [0.2, 0.25) is 0 Å². The normalized spacial score (nSPS) is 9.97. The third-order valence-corrected chi connectivity index (χ3v) is 5.50. The molecule has 0 atom stereocenters. The molecule has 1 amide bonds. The maximum atomic E-state index is 12.2. The highest BCUT2D eigenvalue weighted by atomic mass is 35.5. The number of fused-ring (bicyclic) bond motifs is 1. The minimum Gasteiger partial charge on any atom is -0.387 e. The Hall–Kier alpha value is -3.58. The van der Waals surface area contributed by atoms with Crippen molar-refractivity contribution in [2.24, 2.45) is 0 Å². The minimum absolute atomic E-state index is 0.0638. The van der Waals surface area contributed by atoms with Crippen molar-refractivity contribution in [3.8, 4) is 11.3 Å².